The molecule has 3 radical (unpaired) electrons. The minimum absolute atomic E-state index is 0. The Morgan fingerprint density at radius 1 is 1.00 bits per heavy atom. The largest absolute Gasteiger partial charge is 0.457 e. The Morgan fingerprint density at radius 2 is 1.62 bits per heavy atom. The van der Waals surface area contributed by atoms with Gasteiger partial charge in [0.1, 0.15) is 11.5 Å². The molecule has 26 heavy (non-hydrogen) atoms. The van der Waals surface area contributed by atoms with Gasteiger partial charge in [-0.1, -0.05) is 30.3 Å². The van der Waals surface area contributed by atoms with Crippen molar-refractivity contribution in [3.05, 3.63) is 60.2 Å². The molecule has 0 aliphatic rings. The minimum atomic E-state index is -3.67. The molecule has 2 aromatic carbocycles. The van der Waals surface area contributed by atoms with E-state index in [0.717, 1.165) is 23.7 Å². The molecule has 0 bridgehead atoms. The maximum absolute atomic E-state index is 11.6. The van der Waals surface area contributed by atoms with Crippen molar-refractivity contribution in [3.63, 3.8) is 0 Å². The zero-order chi connectivity index (χ0) is 16.7. The number of rotatable bonds is 8. The molecule has 2 unspecified atom stereocenters. The molecule has 2 atom stereocenters. The molecule has 127 valence electrons. The van der Waals surface area contributed by atoms with E-state index in [9.17, 15) is 9.13 Å². The van der Waals surface area contributed by atoms with Gasteiger partial charge in [0.25, 0.3) is 0 Å². The van der Waals surface area contributed by atoms with E-state index in [1.807, 2.05) is 54.6 Å². The molecular weight excluding hydrogens is 451 g/mol. The van der Waals surface area contributed by atoms with Crippen LogP contribution >= 0.6 is 15.6 Å². The number of aryl methyl sites for hydroxylation is 1. The van der Waals surface area contributed by atoms with Crippen LogP contribution in [0, 0.1) is 0 Å². The molecule has 0 saturated heterocycles. The van der Waals surface area contributed by atoms with Crippen LogP contribution in [0.3, 0.4) is 0 Å². The normalized spacial score (nSPS) is 13.2. The van der Waals surface area contributed by atoms with E-state index in [-0.39, 0.29) is 160 Å². The van der Waals surface area contributed by atoms with Crippen LogP contribution in [0.1, 0.15) is 12.0 Å². The molecule has 0 fully saturated rings. The summed E-state index contributed by atoms with van der Waals surface area (Å²) in [7, 11) is -6.14. The van der Waals surface area contributed by atoms with Crippen molar-refractivity contribution in [1.29, 1.82) is 0 Å². The first kappa shape index (κ1) is 31.7. The molecule has 0 aliphatic carbocycles. The maximum atomic E-state index is 11.6. The van der Waals surface area contributed by atoms with Gasteiger partial charge in [-0.25, -0.2) is 0 Å². The van der Waals surface area contributed by atoms with E-state index in [0.29, 0.717) is 12.8 Å². The van der Waals surface area contributed by atoms with Crippen LogP contribution in [0.15, 0.2) is 54.6 Å². The van der Waals surface area contributed by atoms with Gasteiger partial charge in [0.15, 0.2) is 8.03 Å². The van der Waals surface area contributed by atoms with Crippen LogP contribution in [0.2, 0.25) is 0 Å². The molecule has 10 heteroatoms. The zero-order valence-electron chi connectivity index (χ0n) is 15.8. The quantitative estimate of drug-likeness (QED) is 0.471. The summed E-state index contributed by atoms with van der Waals surface area (Å²) in [5.74, 6) is 1.51. The molecule has 0 amide bonds. The fraction of sp³-hybridized carbons (Fsp3) is 0.250. The summed E-state index contributed by atoms with van der Waals surface area (Å²) in [6.07, 6.45) is 1.60. The number of para-hydroxylation sites is 1. The van der Waals surface area contributed by atoms with Crippen LogP contribution in [0.5, 0.6) is 11.5 Å². The van der Waals surface area contributed by atoms with E-state index >= 15 is 0 Å². The molecule has 0 aliphatic heterocycles. The molecule has 0 spiro atoms. The van der Waals surface area contributed by atoms with Crippen molar-refractivity contribution in [2.24, 2.45) is 0 Å². The minimum Gasteiger partial charge on any atom is -0.457 e. The van der Waals surface area contributed by atoms with E-state index in [1.165, 1.54) is 0 Å². The van der Waals surface area contributed by atoms with Crippen LogP contribution in [-0.2, 0) is 19.9 Å². The summed E-state index contributed by atoms with van der Waals surface area (Å²) >= 11 is 0. The first-order valence-corrected chi connectivity index (χ1v) is 10.8. The first-order chi connectivity index (χ1) is 10.9. The van der Waals surface area contributed by atoms with Crippen molar-refractivity contribution in [2.75, 3.05) is 12.8 Å². The van der Waals surface area contributed by atoms with Crippen molar-refractivity contribution >= 4 is 170 Å². The third kappa shape index (κ3) is 14.5. The zero-order valence-corrected chi connectivity index (χ0v) is 27.1. The van der Waals surface area contributed by atoms with Gasteiger partial charge in [-0.05, 0) is 42.7 Å². The monoisotopic (exact) mass is 471 g/mol. The molecule has 5 nitrogen and oxygen atoms in total. The average Bonchev–Trinajstić information content (AvgIpc) is 2.47. The van der Waals surface area contributed by atoms with E-state index < -0.39 is 15.6 Å². The summed E-state index contributed by atoms with van der Waals surface area (Å²) in [4.78, 5) is 9.02. The topological polar surface area (TPSA) is 72.8 Å². The van der Waals surface area contributed by atoms with Crippen molar-refractivity contribution in [3.8, 4) is 11.5 Å². The molecule has 0 aromatic heterocycles. The molecule has 2 aromatic rings. The smallest absolute Gasteiger partial charge is 0.330 e. The molecule has 2 rings (SSSR count). The van der Waals surface area contributed by atoms with E-state index in [2.05, 4.69) is 4.31 Å². The number of ether oxygens (including phenoxy) is 1. The number of hydrogen-bond donors (Lipinski definition) is 1. The Balaban J connectivity index is 0. The summed E-state index contributed by atoms with van der Waals surface area (Å²) in [5.41, 5.74) is 1.05. The van der Waals surface area contributed by atoms with Gasteiger partial charge in [-0.3, -0.25) is 13.4 Å². The Bertz CT molecular complexity index is 710. The second-order valence-electron chi connectivity index (χ2n) is 5.18. The Kier molecular flexibility index (Phi) is 20.9. The second kappa shape index (κ2) is 17.1. The van der Waals surface area contributed by atoms with Gasteiger partial charge < -0.3 is 9.63 Å². The van der Waals surface area contributed by atoms with Crippen LogP contribution in [0.4, 0.5) is 0 Å². The predicted octanol–water partition coefficient (Wildman–Crippen LogP) is 3.58. The van der Waals surface area contributed by atoms with Gasteiger partial charge in [0, 0.05) is 167 Å². The fourth-order valence-electron chi connectivity index (χ4n) is 2.06. The number of hydrogen-bond acceptors (Lipinski definition) is 4. The summed E-state index contributed by atoms with van der Waals surface area (Å²) < 4.78 is 33.0. The SMILES string of the molecule is CP(=O)(O)O[PH](=O)CCCc1cccc(Oc2ccccc2)c1.[K].[K].[K]. The molecule has 1 N–H and O–H groups in total. The summed E-state index contributed by atoms with van der Waals surface area (Å²) in [6.45, 7) is 1.04. The van der Waals surface area contributed by atoms with Crippen LogP contribution in [-0.4, -0.2) is 172 Å². The Hall–Kier alpha value is 3.53. The van der Waals surface area contributed by atoms with Gasteiger partial charge in [-0.15, -0.1) is 0 Å². The summed E-state index contributed by atoms with van der Waals surface area (Å²) in [5, 5.41) is 0. The van der Waals surface area contributed by atoms with Crippen LogP contribution in [0.25, 0.3) is 0 Å². The number of benzene rings is 2. The Morgan fingerprint density at radius 3 is 2.23 bits per heavy atom. The molecule has 0 saturated carbocycles. The van der Waals surface area contributed by atoms with Crippen molar-refractivity contribution in [1.82, 2.24) is 0 Å². The predicted molar refractivity (Wildman–Crippen MR) is 109 cm³/mol. The summed E-state index contributed by atoms with van der Waals surface area (Å²) in [6, 6.07) is 17.2. The fourth-order valence-corrected chi connectivity index (χ4v) is 4.40. The maximum Gasteiger partial charge on any atom is 0.330 e. The second-order valence-corrected chi connectivity index (χ2v) is 8.76. The van der Waals surface area contributed by atoms with Gasteiger partial charge in [0.2, 0.25) is 0 Å². The third-order valence-electron chi connectivity index (χ3n) is 2.99. The van der Waals surface area contributed by atoms with Crippen molar-refractivity contribution in [2.45, 2.75) is 12.8 Å². The average molecular weight is 472 g/mol. The molecular formula is C16H20K3O5P2. The third-order valence-corrected chi connectivity index (χ3v) is 5.93. The standard InChI is InChI=1S/C16H20O5P2.3K/c1-23(18,19)21-22(17)12-6-8-14-7-5-11-16(13-14)20-15-9-3-2-4-10-15;;;/h2-5,7,9-11,13,22H,6,8,12H2,1H3,(H,18,19);;;. The van der Waals surface area contributed by atoms with Gasteiger partial charge in [-0.2, -0.15) is 0 Å². The van der Waals surface area contributed by atoms with E-state index in [4.69, 9.17) is 9.63 Å². The molecule has 0 heterocycles. The van der Waals surface area contributed by atoms with Gasteiger partial charge >= 0.3 is 7.60 Å². The van der Waals surface area contributed by atoms with Crippen LogP contribution < -0.4 is 4.74 Å². The van der Waals surface area contributed by atoms with Gasteiger partial charge in [0.05, 0.1) is 0 Å². The first-order valence-electron chi connectivity index (χ1n) is 7.27. The van der Waals surface area contributed by atoms with E-state index in [1.54, 1.807) is 0 Å². The van der Waals surface area contributed by atoms with Crippen molar-refractivity contribution < 1.29 is 23.1 Å². The Labute approximate surface area is 283 Å².